The van der Waals surface area contributed by atoms with Gasteiger partial charge in [0.2, 0.25) is 5.91 Å². The first kappa shape index (κ1) is 19.2. The third-order valence-corrected chi connectivity index (χ3v) is 5.25. The van der Waals surface area contributed by atoms with Gasteiger partial charge in [-0.3, -0.25) is 14.2 Å². The van der Waals surface area contributed by atoms with E-state index in [0.717, 1.165) is 23.2 Å². The number of aryl methyl sites for hydroxylation is 2. The molecule has 0 saturated carbocycles. The van der Waals surface area contributed by atoms with Crippen molar-refractivity contribution >= 4 is 34.3 Å². The zero-order chi connectivity index (χ0) is 19.4. The molecular formula is C21H23N3O2S. The van der Waals surface area contributed by atoms with E-state index in [1.807, 2.05) is 57.2 Å². The minimum absolute atomic E-state index is 0.0557. The van der Waals surface area contributed by atoms with Gasteiger partial charge in [-0.2, -0.15) is 0 Å². The Morgan fingerprint density at radius 1 is 1.19 bits per heavy atom. The summed E-state index contributed by atoms with van der Waals surface area (Å²) in [6.45, 7) is 6.55. The number of carbonyl (C=O) groups is 1. The molecule has 0 bridgehead atoms. The van der Waals surface area contributed by atoms with Crippen LogP contribution in [0.25, 0.3) is 10.9 Å². The van der Waals surface area contributed by atoms with Crippen molar-refractivity contribution in [2.45, 2.75) is 38.9 Å². The smallest absolute Gasteiger partial charge is 0.262 e. The molecule has 0 aliphatic carbocycles. The average molecular weight is 382 g/mol. The topological polar surface area (TPSA) is 64.0 Å². The number of hydrogen-bond acceptors (Lipinski definition) is 4. The number of aromatic nitrogens is 2. The first-order valence-corrected chi connectivity index (χ1v) is 9.97. The molecule has 1 heterocycles. The van der Waals surface area contributed by atoms with E-state index < -0.39 is 0 Å². The number of para-hydroxylation sites is 1. The molecular weight excluding hydrogens is 358 g/mol. The number of anilines is 1. The number of carbonyl (C=O) groups excluding carboxylic acids is 1. The van der Waals surface area contributed by atoms with Crippen LogP contribution in [0.3, 0.4) is 0 Å². The van der Waals surface area contributed by atoms with Gasteiger partial charge in [-0.05, 0) is 49.6 Å². The maximum absolute atomic E-state index is 12.8. The number of thioether (sulfide) groups is 1. The molecule has 140 valence electrons. The second-order valence-electron chi connectivity index (χ2n) is 6.52. The van der Waals surface area contributed by atoms with E-state index >= 15 is 0 Å². The van der Waals surface area contributed by atoms with Gasteiger partial charge in [-0.1, -0.05) is 43.0 Å². The molecule has 0 radical (unpaired) electrons. The second-order valence-corrected chi connectivity index (χ2v) is 7.47. The Kier molecular flexibility index (Phi) is 5.96. The Labute approximate surface area is 162 Å². The molecule has 0 aliphatic rings. The van der Waals surface area contributed by atoms with Gasteiger partial charge in [0.15, 0.2) is 5.16 Å². The highest BCUT2D eigenvalue weighted by molar-refractivity contribution is 7.99. The standard InChI is InChI=1S/C21H23N3O2S/c1-4-11-24-20(26)16-7-5-6-8-17(16)23-21(24)27-13-19(25)22-18-12-14(2)9-10-15(18)3/h5-10,12H,4,11,13H2,1-3H3,(H,22,25). The molecule has 1 N–H and O–H groups in total. The highest BCUT2D eigenvalue weighted by atomic mass is 32.2. The molecule has 1 amide bonds. The van der Waals surface area contributed by atoms with Gasteiger partial charge >= 0.3 is 0 Å². The fourth-order valence-electron chi connectivity index (χ4n) is 2.87. The Morgan fingerprint density at radius 3 is 2.74 bits per heavy atom. The van der Waals surface area contributed by atoms with Gasteiger partial charge in [0.1, 0.15) is 0 Å². The summed E-state index contributed by atoms with van der Waals surface area (Å²) >= 11 is 1.29. The van der Waals surface area contributed by atoms with Crippen LogP contribution in [-0.4, -0.2) is 21.2 Å². The number of benzene rings is 2. The van der Waals surface area contributed by atoms with E-state index in [1.165, 1.54) is 11.8 Å². The monoisotopic (exact) mass is 381 g/mol. The molecule has 5 nitrogen and oxygen atoms in total. The predicted octanol–water partition coefficient (Wildman–Crippen LogP) is 4.15. The molecule has 0 spiro atoms. The van der Waals surface area contributed by atoms with Gasteiger partial charge in [0.05, 0.1) is 16.7 Å². The molecule has 2 aromatic carbocycles. The number of nitrogens with zero attached hydrogens (tertiary/aromatic N) is 2. The van der Waals surface area contributed by atoms with E-state index in [9.17, 15) is 9.59 Å². The van der Waals surface area contributed by atoms with Crippen LogP contribution in [-0.2, 0) is 11.3 Å². The third-order valence-electron chi connectivity index (χ3n) is 4.27. The minimum Gasteiger partial charge on any atom is -0.325 e. The highest BCUT2D eigenvalue weighted by Crippen LogP contribution is 2.20. The summed E-state index contributed by atoms with van der Waals surface area (Å²) < 4.78 is 1.66. The van der Waals surface area contributed by atoms with E-state index in [1.54, 1.807) is 10.6 Å². The van der Waals surface area contributed by atoms with Crippen molar-refractivity contribution in [3.05, 3.63) is 63.9 Å². The summed E-state index contributed by atoms with van der Waals surface area (Å²) in [5.41, 5.74) is 3.53. The van der Waals surface area contributed by atoms with Crippen LogP contribution in [0, 0.1) is 13.8 Å². The van der Waals surface area contributed by atoms with Crippen molar-refractivity contribution in [2.75, 3.05) is 11.1 Å². The lowest BCUT2D eigenvalue weighted by molar-refractivity contribution is -0.113. The van der Waals surface area contributed by atoms with Crippen LogP contribution in [0.4, 0.5) is 5.69 Å². The molecule has 1 aromatic heterocycles. The molecule has 0 unspecified atom stereocenters. The van der Waals surface area contributed by atoms with Crippen molar-refractivity contribution in [3.63, 3.8) is 0 Å². The molecule has 27 heavy (non-hydrogen) atoms. The van der Waals surface area contributed by atoms with Gasteiger partial charge in [-0.15, -0.1) is 0 Å². The van der Waals surface area contributed by atoms with Gasteiger partial charge in [-0.25, -0.2) is 4.98 Å². The van der Waals surface area contributed by atoms with Crippen molar-refractivity contribution in [1.82, 2.24) is 9.55 Å². The lowest BCUT2D eigenvalue weighted by Crippen LogP contribution is -2.24. The molecule has 0 fully saturated rings. The third kappa shape index (κ3) is 4.39. The number of fused-ring (bicyclic) bond motifs is 1. The Bertz CT molecular complexity index is 1040. The molecule has 3 rings (SSSR count). The largest absolute Gasteiger partial charge is 0.325 e. The number of amides is 1. The minimum atomic E-state index is -0.112. The zero-order valence-corrected chi connectivity index (χ0v) is 16.6. The van der Waals surface area contributed by atoms with E-state index in [0.29, 0.717) is 22.6 Å². The maximum atomic E-state index is 12.8. The fraction of sp³-hybridized carbons (Fsp3) is 0.286. The number of hydrogen-bond donors (Lipinski definition) is 1. The van der Waals surface area contributed by atoms with E-state index in [-0.39, 0.29) is 17.2 Å². The van der Waals surface area contributed by atoms with Crippen LogP contribution in [0.1, 0.15) is 24.5 Å². The lowest BCUT2D eigenvalue weighted by atomic mass is 10.1. The highest BCUT2D eigenvalue weighted by Gasteiger charge is 2.13. The van der Waals surface area contributed by atoms with Crippen LogP contribution in [0.2, 0.25) is 0 Å². The molecule has 0 aliphatic heterocycles. The predicted molar refractivity (Wildman–Crippen MR) is 112 cm³/mol. The maximum Gasteiger partial charge on any atom is 0.262 e. The zero-order valence-electron chi connectivity index (χ0n) is 15.8. The molecule has 3 aromatic rings. The number of rotatable bonds is 6. The van der Waals surface area contributed by atoms with E-state index in [4.69, 9.17) is 0 Å². The van der Waals surface area contributed by atoms with E-state index in [2.05, 4.69) is 10.3 Å². The summed E-state index contributed by atoms with van der Waals surface area (Å²) in [6, 6.07) is 13.3. The summed E-state index contributed by atoms with van der Waals surface area (Å²) in [4.78, 5) is 29.8. The second kappa shape index (κ2) is 8.39. The van der Waals surface area contributed by atoms with Gasteiger partial charge in [0, 0.05) is 12.2 Å². The van der Waals surface area contributed by atoms with Crippen molar-refractivity contribution < 1.29 is 4.79 Å². The van der Waals surface area contributed by atoms with Gasteiger partial charge < -0.3 is 5.32 Å². The first-order valence-electron chi connectivity index (χ1n) is 8.99. The average Bonchev–Trinajstić information content (AvgIpc) is 2.66. The molecule has 0 saturated heterocycles. The van der Waals surface area contributed by atoms with Crippen molar-refractivity contribution in [1.29, 1.82) is 0 Å². The van der Waals surface area contributed by atoms with Crippen LogP contribution in [0.15, 0.2) is 52.4 Å². The van der Waals surface area contributed by atoms with Crippen LogP contribution >= 0.6 is 11.8 Å². The summed E-state index contributed by atoms with van der Waals surface area (Å²) in [6.07, 6.45) is 0.822. The Morgan fingerprint density at radius 2 is 1.96 bits per heavy atom. The molecule has 0 atom stereocenters. The van der Waals surface area contributed by atoms with Crippen LogP contribution in [0.5, 0.6) is 0 Å². The quantitative estimate of drug-likeness (QED) is 0.514. The lowest BCUT2D eigenvalue weighted by Gasteiger charge is -2.13. The fourth-order valence-corrected chi connectivity index (χ4v) is 3.69. The van der Waals surface area contributed by atoms with Crippen molar-refractivity contribution in [2.24, 2.45) is 0 Å². The summed E-state index contributed by atoms with van der Waals surface area (Å²) in [5, 5.41) is 4.14. The normalized spacial score (nSPS) is 10.9. The van der Waals surface area contributed by atoms with Gasteiger partial charge in [0.25, 0.3) is 5.56 Å². The summed E-state index contributed by atoms with van der Waals surface area (Å²) in [7, 11) is 0. The Balaban J connectivity index is 1.81. The molecule has 6 heteroatoms. The summed E-state index contributed by atoms with van der Waals surface area (Å²) in [5.74, 6) is 0.0844. The SMILES string of the molecule is CCCn1c(SCC(=O)Nc2cc(C)ccc2C)nc2ccccc2c1=O. The van der Waals surface area contributed by atoms with Crippen molar-refractivity contribution in [3.8, 4) is 0 Å². The van der Waals surface area contributed by atoms with Crippen LogP contribution < -0.4 is 10.9 Å². The number of nitrogens with one attached hydrogen (secondary N) is 1. The first-order chi connectivity index (χ1) is 13.0. The Hall–Kier alpha value is -2.60.